The van der Waals surface area contributed by atoms with Gasteiger partial charge in [0.2, 0.25) is 5.91 Å². The summed E-state index contributed by atoms with van der Waals surface area (Å²) < 4.78 is 6.73. The van der Waals surface area contributed by atoms with E-state index >= 15 is 0 Å². The van der Waals surface area contributed by atoms with Crippen LogP contribution in [0.4, 0.5) is 0 Å². The largest absolute Gasteiger partial charge is 0.385 e. The average Bonchev–Trinajstić information content (AvgIpc) is 2.83. The molecule has 0 bridgehead atoms. The number of ether oxygens (including phenoxy) is 1. The predicted octanol–water partition coefficient (Wildman–Crippen LogP) is 0.188. The molecule has 1 rings (SSSR count). The molecular weight excluding hydrogens is 244 g/mol. The van der Waals surface area contributed by atoms with Crippen LogP contribution in [0.3, 0.4) is 0 Å². The van der Waals surface area contributed by atoms with Crippen molar-refractivity contribution in [3.63, 3.8) is 0 Å². The number of likely N-dealkylation sites (N-methyl/N-ethyl adjacent to an activating group) is 1. The summed E-state index contributed by atoms with van der Waals surface area (Å²) in [6.07, 6.45) is 5.35. The fourth-order valence-electron chi connectivity index (χ4n) is 1.68. The van der Waals surface area contributed by atoms with Gasteiger partial charge >= 0.3 is 0 Å². The minimum Gasteiger partial charge on any atom is -0.385 e. The summed E-state index contributed by atoms with van der Waals surface area (Å²) in [4.78, 5) is 15.9. The monoisotopic (exact) mass is 268 g/mol. The molecule has 0 aromatic carbocycles. The van der Waals surface area contributed by atoms with Crippen LogP contribution in [0.2, 0.25) is 0 Å². The molecule has 0 aliphatic heterocycles. The van der Waals surface area contributed by atoms with E-state index in [-0.39, 0.29) is 5.91 Å². The van der Waals surface area contributed by atoms with E-state index in [1.165, 1.54) is 0 Å². The summed E-state index contributed by atoms with van der Waals surface area (Å²) in [5, 5.41) is 6.09. The van der Waals surface area contributed by atoms with Gasteiger partial charge in [0.05, 0.1) is 12.0 Å². The van der Waals surface area contributed by atoms with Gasteiger partial charge in [-0.2, -0.15) is 0 Å². The van der Waals surface area contributed by atoms with Crippen LogP contribution in [0.5, 0.6) is 0 Å². The highest BCUT2D eigenvalue weighted by molar-refractivity contribution is 5.75. The third kappa shape index (κ3) is 6.93. The van der Waals surface area contributed by atoms with Crippen molar-refractivity contribution in [1.29, 1.82) is 0 Å². The number of methoxy groups -OCH3 is 1. The van der Waals surface area contributed by atoms with Gasteiger partial charge in [-0.05, 0) is 13.0 Å². The van der Waals surface area contributed by atoms with Crippen LogP contribution in [-0.4, -0.2) is 48.8 Å². The molecular formula is C13H24N4O2. The second-order valence-corrected chi connectivity index (χ2v) is 4.34. The molecule has 108 valence electrons. The Kier molecular flexibility index (Phi) is 7.84. The number of carbonyl (C=O) groups excluding carboxylic acids is 1. The number of amides is 1. The Morgan fingerprint density at radius 3 is 3.05 bits per heavy atom. The quantitative estimate of drug-likeness (QED) is 0.594. The predicted molar refractivity (Wildman–Crippen MR) is 74.0 cm³/mol. The van der Waals surface area contributed by atoms with Gasteiger partial charge in [-0.25, -0.2) is 4.98 Å². The molecule has 1 aromatic rings. The Morgan fingerprint density at radius 2 is 2.32 bits per heavy atom. The Labute approximate surface area is 114 Å². The molecule has 1 heterocycles. The summed E-state index contributed by atoms with van der Waals surface area (Å²) in [6.45, 7) is 5.59. The molecule has 0 fully saturated rings. The van der Waals surface area contributed by atoms with Crippen LogP contribution < -0.4 is 10.6 Å². The van der Waals surface area contributed by atoms with Crippen molar-refractivity contribution >= 4 is 5.91 Å². The molecule has 6 nitrogen and oxygen atoms in total. The first kappa shape index (κ1) is 15.7. The number of imidazole rings is 1. The van der Waals surface area contributed by atoms with Gasteiger partial charge in [-0.1, -0.05) is 6.92 Å². The zero-order chi connectivity index (χ0) is 13.9. The van der Waals surface area contributed by atoms with Crippen LogP contribution in [0, 0.1) is 0 Å². The van der Waals surface area contributed by atoms with E-state index < -0.39 is 0 Å². The lowest BCUT2D eigenvalue weighted by Gasteiger charge is -2.05. The Hall–Kier alpha value is -1.40. The van der Waals surface area contributed by atoms with E-state index in [9.17, 15) is 4.79 Å². The minimum atomic E-state index is 0.00624. The summed E-state index contributed by atoms with van der Waals surface area (Å²) in [7, 11) is 1.65. The van der Waals surface area contributed by atoms with Gasteiger partial charge in [-0.15, -0.1) is 0 Å². The second kappa shape index (κ2) is 9.52. The van der Waals surface area contributed by atoms with Crippen LogP contribution in [0.25, 0.3) is 0 Å². The molecule has 0 spiro atoms. The van der Waals surface area contributed by atoms with Crippen LogP contribution in [0.1, 0.15) is 19.0 Å². The second-order valence-electron chi connectivity index (χ2n) is 4.34. The van der Waals surface area contributed by atoms with Crippen LogP contribution in [-0.2, 0) is 22.5 Å². The summed E-state index contributed by atoms with van der Waals surface area (Å²) in [5.74, 6) is 0.00624. The molecule has 6 heteroatoms. The molecule has 0 aliphatic rings. The molecule has 19 heavy (non-hydrogen) atoms. The van der Waals surface area contributed by atoms with Crippen molar-refractivity contribution in [2.75, 3.05) is 33.4 Å². The molecule has 0 saturated carbocycles. The number of hydrogen-bond donors (Lipinski definition) is 2. The maximum Gasteiger partial charge on any atom is 0.239 e. The van der Waals surface area contributed by atoms with Crippen molar-refractivity contribution in [3.8, 4) is 0 Å². The van der Waals surface area contributed by atoms with Gasteiger partial charge in [0.15, 0.2) is 0 Å². The lowest BCUT2D eigenvalue weighted by atomic mass is 10.3. The summed E-state index contributed by atoms with van der Waals surface area (Å²) in [6, 6.07) is 0. The number of nitrogens with one attached hydrogen (secondary N) is 2. The first-order valence-corrected chi connectivity index (χ1v) is 6.73. The Morgan fingerprint density at radius 1 is 1.47 bits per heavy atom. The SMILES string of the molecule is CCNCCc1cn(CC(=O)NCCCOC)cn1. The molecule has 2 N–H and O–H groups in total. The van der Waals surface area contributed by atoms with Crippen molar-refractivity contribution < 1.29 is 9.53 Å². The van der Waals surface area contributed by atoms with E-state index in [1.54, 1.807) is 13.4 Å². The molecule has 1 aromatic heterocycles. The third-order valence-electron chi connectivity index (χ3n) is 2.67. The normalized spacial score (nSPS) is 10.6. The summed E-state index contributed by atoms with van der Waals surface area (Å²) >= 11 is 0. The van der Waals surface area contributed by atoms with Crippen molar-refractivity contribution in [3.05, 3.63) is 18.2 Å². The first-order valence-electron chi connectivity index (χ1n) is 6.73. The van der Waals surface area contributed by atoms with Gasteiger partial charge in [0, 0.05) is 39.4 Å². The standard InChI is InChI=1S/C13H24N4O2/c1-3-14-7-5-12-9-17(11-16-12)10-13(18)15-6-4-8-19-2/h9,11,14H,3-8,10H2,1-2H3,(H,15,18). The zero-order valence-corrected chi connectivity index (χ0v) is 11.8. The smallest absolute Gasteiger partial charge is 0.239 e. The lowest BCUT2D eigenvalue weighted by molar-refractivity contribution is -0.121. The topological polar surface area (TPSA) is 68.2 Å². The van der Waals surface area contributed by atoms with Gasteiger partial charge in [-0.3, -0.25) is 4.79 Å². The van der Waals surface area contributed by atoms with Crippen LogP contribution in [0.15, 0.2) is 12.5 Å². The highest BCUT2D eigenvalue weighted by atomic mass is 16.5. The molecule has 0 aliphatic carbocycles. The molecule has 0 saturated heterocycles. The van der Waals surface area contributed by atoms with Crippen LogP contribution >= 0.6 is 0 Å². The molecule has 0 unspecified atom stereocenters. The average molecular weight is 268 g/mol. The van der Waals surface area contributed by atoms with E-state index in [0.717, 1.165) is 31.6 Å². The number of aromatic nitrogens is 2. The van der Waals surface area contributed by atoms with Crippen molar-refractivity contribution in [2.24, 2.45) is 0 Å². The highest BCUT2D eigenvalue weighted by Crippen LogP contribution is 1.97. The number of nitrogens with zero attached hydrogens (tertiary/aromatic N) is 2. The van der Waals surface area contributed by atoms with Crippen molar-refractivity contribution in [1.82, 2.24) is 20.2 Å². The maximum atomic E-state index is 11.6. The minimum absolute atomic E-state index is 0.00624. The maximum absolute atomic E-state index is 11.6. The summed E-state index contributed by atoms with van der Waals surface area (Å²) in [5.41, 5.74) is 1.01. The lowest BCUT2D eigenvalue weighted by Crippen LogP contribution is -2.28. The molecule has 0 atom stereocenters. The zero-order valence-electron chi connectivity index (χ0n) is 11.8. The fraction of sp³-hybridized carbons (Fsp3) is 0.692. The van der Waals surface area contributed by atoms with E-state index in [2.05, 4.69) is 22.5 Å². The molecule has 1 amide bonds. The van der Waals surface area contributed by atoms with Gasteiger partial charge in [0.25, 0.3) is 0 Å². The van der Waals surface area contributed by atoms with E-state index in [1.807, 2.05) is 10.8 Å². The van der Waals surface area contributed by atoms with Crippen molar-refractivity contribution in [2.45, 2.75) is 26.3 Å². The van der Waals surface area contributed by atoms with Gasteiger partial charge < -0.3 is 19.9 Å². The first-order chi connectivity index (χ1) is 9.26. The number of hydrogen-bond acceptors (Lipinski definition) is 4. The number of rotatable bonds is 10. The molecule has 0 radical (unpaired) electrons. The highest BCUT2D eigenvalue weighted by Gasteiger charge is 2.03. The fourth-order valence-corrected chi connectivity index (χ4v) is 1.68. The third-order valence-corrected chi connectivity index (χ3v) is 2.67. The van der Waals surface area contributed by atoms with E-state index in [0.29, 0.717) is 19.7 Å². The Balaban J connectivity index is 2.22. The Bertz CT molecular complexity index is 365. The number of carbonyl (C=O) groups is 1. The van der Waals surface area contributed by atoms with Gasteiger partial charge in [0.1, 0.15) is 6.54 Å². The van der Waals surface area contributed by atoms with E-state index in [4.69, 9.17) is 4.74 Å².